The van der Waals surface area contributed by atoms with Crippen molar-refractivity contribution in [2.75, 3.05) is 13.2 Å². The molecule has 1 unspecified atom stereocenters. The SMILES string of the molecule is CCOC(=O)C(NC(=O)c1cccc(F)c1C(=O)O)OCC. The number of carbonyl (C=O) groups is 3. The Bertz CT molecular complexity index is 574. The fourth-order valence-electron chi connectivity index (χ4n) is 1.68. The number of aromatic carboxylic acids is 1. The predicted molar refractivity (Wildman–Crippen MR) is 72.9 cm³/mol. The summed E-state index contributed by atoms with van der Waals surface area (Å²) in [7, 11) is 0. The van der Waals surface area contributed by atoms with E-state index in [1.807, 2.05) is 0 Å². The molecule has 22 heavy (non-hydrogen) atoms. The topological polar surface area (TPSA) is 102 Å². The number of halogens is 1. The average Bonchev–Trinajstić information content (AvgIpc) is 2.46. The molecule has 8 heteroatoms. The number of benzene rings is 1. The van der Waals surface area contributed by atoms with Crippen LogP contribution in [0.1, 0.15) is 34.6 Å². The molecule has 1 aromatic rings. The van der Waals surface area contributed by atoms with Gasteiger partial charge in [0, 0.05) is 6.61 Å². The number of esters is 1. The fraction of sp³-hybridized carbons (Fsp3) is 0.357. The molecule has 1 atom stereocenters. The number of rotatable bonds is 7. The predicted octanol–water partition coefficient (Wildman–Crippen LogP) is 1.18. The van der Waals surface area contributed by atoms with Gasteiger partial charge in [-0.05, 0) is 26.0 Å². The molecule has 0 saturated heterocycles. The van der Waals surface area contributed by atoms with Gasteiger partial charge in [0.25, 0.3) is 5.91 Å². The highest BCUT2D eigenvalue weighted by Crippen LogP contribution is 2.14. The minimum Gasteiger partial charge on any atom is -0.478 e. The highest BCUT2D eigenvalue weighted by molar-refractivity contribution is 6.05. The Balaban J connectivity index is 3.02. The van der Waals surface area contributed by atoms with Gasteiger partial charge in [0.05, 0.1) is 12.2 Å². The van der Waals surface area contributed by atoms with Crippen molar-refractivity contribution in [1.29, 1.82) is 0 Å². The van der Waals surface area contributed by atoms with Crippen molar-refractivity contribution >= 4 is 17.8 Å². The first kappa shape index (κ1) is 17.6. The number of carboxylic acid groups (broad SMARTS) is 1. The van der Waals surface area contributed by atoms with Gasteiger partial charge in [0.15, 0.2) is 0 Å². The van der Waals surface area contributed by atoms with Crippen LogP contribution in [0.25, 0.3) is 0 Å². The quantitative estimate of drug-likeness (QED) is 0.579. The fourth-order valence-corrected chi connectivity index (χ4v) is 1.68. The number of hydrogen-bond donors (Lipinski definition) is 2. The summed E-state index contributed by atoms with van der Waals surface area (Å²) in [6.07, 6.45) is -1.40. The Hall–Kier alpha value is -2.48. The van der Waals surface area contributed by atoms with E-state index in [0.29, 0.717) is 0 Å². The Morgan fingerprint density at radius 3 is 2.50 bits per heavy atom. The number of carbonyl (C=O) groups excluding carboxylic acids is 2. The first-order valence-corrected chi connectivity index (χ1v) is 6.53. The highest BCUT2D eigenvalue weighted by atomic mass is 19.1. The van der Waals surface area contributed by atoms with E-state index in [2.05, 4.69) is 5.32 Å². The summed E-state index contributed by atoms with van der Waals surface area (Å²) in [5, 5.41) is 11.2. The van der Waals surface area contributed by atoms with E-state index in [0.717, 1.165) is 12.1 Å². The Morgan fingerprint density at radius 1 is 1.27 bits per heavy atom. The standard InChI is InChI=1S/C14H16FNO6/c1-3-21-12(14(20)22-4-2)16-11(17)8-6-5-7-9(15)10(8)13(18)19/h5-7,12H,3-4H2,1-2H3,(H,16,17)(H,18,19). The second-order valence-corrected chi connectivity index (χ2v) is 4.03. The molecule has 0 spiro atoms. The normalized spacial score (nSPS) is 11.6. The van der Waals surface area contributed by atoms with Gasteiger partial charge in [-0.15, -0.1) is 0 Å². The third kappa shape index (κ3) is 4.26. The summed E-state index contributed by atoms with van der Waals surface area (Å²) in [5.41, 5.74) is -1.19. The summed E-state index contributed by atoms with van der Waals surface area (Å²) in [4.78, 5) is 34.8. The number of carboxylic acids is 1. The van der Waals surface area contributed by atoms with Gasteiger partial charge < -0.3 is 19.9 Å². The maximum absolute atomic E-state index is 13.5. The minimum absolute atomic E-state index is 0.0820. The van der Waals surface area contributed by atoms with Crippen molar-refractivity contribution in [3.8, 4) is 0 Å². The van der Waals surface area contributed by atoms with Gasteiger partial charge in [-0.25, -0.2) is 14.0 Å². The molecule has 2 N–H and O–H groups in total. The lowest BCUT2D eigenvalue weighted by Crippen LogP contribution is -2.44. The van der Waals surface area contributed by atoms with Crippen LogP contribution in [-0.4, -0.2) is 42.4 Å². The number of amides is 1. The molecule has 0 aliphatic carbocycles. The summed E-state index contributed by atoms with van der Waals surface area (Å²) >= 11 is 0. The summed E-state index contributed by atoms with van der Waals surface area (Å²) in [6, 6.07) is 3.25. The molecule has 0 radical (unpaired) electrons. The van der Waals surface area contributed by atoms with Gasteiger partial charge >= 0.3 is 11.9 Å². The zero-order chi connectivity index (χ0) is 16.7. The smallest absolute Gasteiger partial charge is 0.356 e. The van der Waals surface area contributed by atoms with Crippen molar-refractivity contribution in [3.05, 3.63) is 35.1 Å². The lowest BCUT2D eigenvalue weighted by Gasteiger charge is -2.17. The van der Waals surface area contributed by atoms with Crippen LogP contribution in [0, 0.1) is 5.82 Å². The summed E-state index contributed by atoms with van der Waals surface area (Å²) in [5.74, 6) is -4.43. The summed E-state index contributed by atoms with van der Waals surface area (Å²) in [6.45, 7) is 3.37. The first-order valence-electron chi connectivity index (χ1n) is 6.53. The molecule has 0 bridgehead atoms. The van der Waals surface area contributed by atoms with Crippen LogP contribution in [0.3, 0.4) is 0 Å². The van der Waals surface area contributed by atoms with Gasteiger partial charge in [-0.2, -0.15) is 0 Å². The van der Waals surface area contributed by atoms with Crippen LogP contribution in [0.15, 0.2) is 18.2 Å². The first-order chi connectivity index (χ1) is 10.4. The number of hydrogen-bond acceptors (Lipinski definition) is 5. The van der Waals surface area contributed by atoms with E-state index in [-0.39, 0.29) is 13.2 Å². The zero-order valence-electron chi connectivity index (χ0n) is 12.1. The second-order valence-electron chi connectivity index (χ2n) is 4.03. The molecule has 120 valence electrons. The molecule has 0 aliphatic rings. The largest absolute Gasteiger partial charge is 0.478 e. The van der Waals surface area contributed by atoms with Gasteiger partial charge in [0.2, 0.25) is 6.23 Å². The van der Waals surface area contributed by atoms with Crippen molar-refractivity contribution in [2.45, 2.75) is 20.1 Å². The highest BCUT2D eigenvalue weighted by Gasteiger charge is 2.26. The molecule has 0 aromatic heterocycles. The van der Waals surface area contributed by atoms with Gasteiger partial charge in [-0.1, -0.05) is 6.07 Å². The molecule has 1 rings (SSSR count). The van der Waals surface area contributed by atoms with E-state index in [1.54, 1.807) is 13.8 Å². The van der Waals surface area contributed by atoms with Crippen molar-refractivity contribution in [2.24, 2.45) is 0 Å². The maximum atomic E-state index is 13.5. The Labute approximate surface area is 126 Å². The second kappa shape index (κ2) is 8.08. The van der Waals surface area contributed by atoms with Crippen LogP contribution in [0.4, 0.5) is 4.39 Å². The molecule has 0 fully saturated rings. The van der Waals surface area contributed by atoms with Crippen LogP contribution >= 0.6 is 0 Å². The van der Waals surface area contributed by atoms with E-state index in [1.165, 1.54) is 6.07 Å². The number of nitrogens with one attached hydrogen (secondary N) is 1. The Morgan fingerprint density at radius 2 is 1.95 bits per heavy atom. The third-order valence-corrected chi connectivity index (χ3v) is 2.57. The minimum atomic E-state index is -1.59. The molecular weight excluding hydrogens is 297 g/mol. The van der Waals surface area contributed by atoms with E-state index in [9.17, 15) is 18.8 Å². The third-order valence-electron chi connectivity index (χ3n) is 2.57. The molecule has 0 saturated carbocycles. The lowest BCUT2D eigenvalue weighted by atomic mass is 10.1. The van der Waals surface area contributed by atoms with Gasteiger partial charge in [-0.3, -0.25) is 4.79 Å². The van der Waals surface area contributed by atoms with Crippen LogP contribution in [0.2, 0.25) is 0 Å². The van der Waals surface area contributed by atoms with E-state index in [4.69, 9.17) is 14.6 Å². The molecule has 0 heterocycles. The summed E-state index contributed by atoms with van der Waals surface area (Å²) < 4.78 is 23.3. The number of ether oxygens (including phenoxy) is 2. The van der Waals surface area contributed by atoms with Crippen LogP contribution < -0.4 is 5.32 Å². The molecule has 1 amide bonds. The zero-order valence-corrected chi connectivity index (χ0v) is 12.1. The molecular formula is C14H16FNO6. The van der Waals surface area contributed by atoms with Crippen molar-refractivity contribution in [3.63, 3.8) is 0 Å². The lowest BCUT2D eigenvalue weighted by molar-refractivity contribution is -0.158. The van der Waals surface area contributed by atoms with Crippen molar-refractivity contribution in [1.82, 2.24) is 5.32 Å². The van der Waals surface area contributed by atoms with E-state index < -0.39 is 41.0 Å². The average molecular weight is 313 g/mol. The molecule has 7 nitrogen and oxygen atoms in total. The van der Waals surface area contributed by atoms with E-state index >= 15 is 0 Å². The molecule has 1 aromatic carbocycles. The maximum Gasteiger partial charge on any atom is 0.356 e. The van der Waals surface area contributed by atoms with Crippen LogP contribution in [-0.2, 0) is 14.3 Å². The monoisotopic (exact) mass is 313 g/mol. The van der Waals surface area contributed by atoms with Crippen molar-refractivity contribution < 1.29 is 33.4 Å². The molecule has 0 aliphatic heterocycles. The van der Waals surface area contributed by atoms with Crippen LogP contribution in [0.5, 0.6) is 0 Å². The van der Waals surface area contributed by atoms with Gasteiger partial charge in [0.1, 0.15) is 11.4 Å². The Kier molecular flexibility index (Phi) is 6.46.